The van der Waals surface area contributed by atoms with E-state index in [2.05, 4.69) is 19.7 Å². The van der Waals surface area contributed by atoms with Crippen LogP contribution in [0.2, 0.25) is 39.3 Å². The summed E-state index contributed by atoms with van der Waals surface area (Å²) in [5, 5.41) is 0. The summed E-state index contributed by atoms with van der Waals surface area (Å²) >= 11 is 0. The van der Waals surface area contributed by atoms with E-state index in [4.69, 9.17) is 41.7 Å². The average Bonchev–Trinajstić information content (AvgIpc) is 2.95. The Kier molecular flexibility index (Phi) is 19.8. The van der Waals surface area contributed by atoms with Crippen molar-refractivity contribution < 1.29 is 56.1 Å². The molecule has 0 N–H and O–H groups in total. The monoisotopic (exact) mass is 778 g/mol. The molecule has 16 heteroatoms. The number of esters is 3. The van der Waals surface area contributed by atoms with E-state index in [1.54, 1.807) is 41.5 Å². The van der Waals surface area contributed by atoms with Gasteiger partial charge in [0, 0.05) is 16.7 Å². The Morgan fingerprint density at radius 3 is 0.900 bits per heavy atom. The summed E-state index contributed by atoms with van der Waals surface area (Å²) in [5.41, 5.74) is -1.89. The molecule has 0 rings (SSSR count). The maximum absolute atomic E-state index is 12.2. The molecular weight excluding hydrogens is 713 g/mol. The smallest absolute Gasteiger partial charge is 0.335 e. The van der Waals surface area contributed by atoms with Crippen molar-refractivity contribution in [2.24, 2.45) is 0 Å². The van der Waals surface area contributed by atoms with Gasteiger partial charge in [0.2, 0.25) is 49.4 Å². The van der Waals surface area contributed by atoms with Gasteiger partial charge in [-0.1, -0.05) is 40.5 Å². The fraction of sp³-hybridized carbons (Fsp3) is 0.735. The third kappa shape index (κ3) is 16.3. The van der Waals surface area contributed by atoms with Gasteiger partial charge in [0.25, 0.3) is 0 Å². The molecule has 0 aliphatic heterocycles. The van der Waals surface area contributed by atoms with Crippen LogP contribution in [0.4, 0.5) is 0 Å². The standard InChI is InChI=1S/C34H66O12Si4/c1-19-28(38-25(10)41-31(35)22(4)5)48(13,14)44-34(47,45-49(15,16)29(20-2)39-26(11)42-32(36)23(6)7)46-50(17,18)30(21-3)40-27(12)43-33(37)24(8)9/h25-30H,4,6,8,19-21H2,1-3,5,7,9-18,47H3. The lowest BCUT2D eigenvalue weighted by Gasteiger charge is -2.49. The van der Waals surface area contributed by atoms with Gasteiger partial charge in [-0.3, -0.25) is 0 Å². The number of ether oxygens (including phenoxy) is 6. The summed E-state index contributed by atoms with van der Waals surface area (Å²) in [7, 11) is -8.36. The number of carbonyl (C=O) groups is 3. The number of hydrogen-bond donors (Lipinski definition) is 0. The van der Waals surface area contributed by atoms with Crippen molar-refractivity contribution in [3.63, 3.8) is 0 Å². The number of hydrogen-bond acceptors (Lipinski definition) is 12. The molecule has 0 heterocycles. The zero-order valence-electron chi connectivity index (χ0n) is 33.6. The van der Waals surface area contributed by atoms with Crippen LogP contribution in [0.3, 0.4) is 0 Å². The highest BCUT2D eigenvalue weighted by Gasteiger charge is 2.51. The highest BCUT2D eigenvalue weighted by Crippen LogP contribution is 2.34. The van der Waals surface area contributed by atoms with Crippen molar-refractivity contribution in [1.82, 2.24) is 0 Å². The van der Waals surface area contributed by atoms with Crippen molar-refractivity contribution >= 4 is 53.1 Å². The summed E-state index contributed by atoms with van der Waals surface area (Å²) < 4.78 is 56.2. The van der Waals surface area contributed by atoms with Gasteiger partial charge in [-0.15, -0.1) is 0 Å². The van der Waals surface area contributed by atoms with Crippen LogP contribution in [0, 0.1) is 0 Å². The van der Waals surface area contributed by atoms with Gasteiger partial charge in [0.1, 0.15) is 10.2 Å². The predicted molar refractivity (Wildman–Crippen MR) is 205 cm³/mol. The van der Waals surface area contributed by atoms with Crippen molar-refractivity contribution in [2.45, 2.75) is 163 Å². The van der Waals surface area contributed by atoms with Crippen LogP contribution in [0.1, 0.15) is 81.6 Å². The minimum Gasteiger partial charge on any atom is -0.433 e. The van der Waals surface area contributed by atoms with E-state index in [1.165, 1.54) is 0 Å². The molecule has 290 valence electrons. The van der Waals surface area contributed by atoms with Gasteiger partial charge in [-0.25, -0.2) is 14.4 Å². The van der Waals surface area contributed by atoms with Crippen molar-refractivity contribution in [3.05, 3.63) is 36.5 Å². The van der Waals surface area contributed by atoms with Crippen LogP contribution in [-0.2, 0) is 56.1 Å². The van der Waals surface area contributed by atoms with E-state index < -0.39 is 84.5 Å². The summed E-state index contributed by atoms with van der Waals surface area (Å²) in [5.74, 6) is -1.63. The van der Waals surface area contributed by atoms with E-state index >= 15 is 0 Å². The van der Waals surface area contributed by atoms with E-state index in [9.17, 15) is 14.4 Å². The molecule has 0 amide bonds. The molecule has 0 radical (unpaired) electrons. The molecule has 6 unspecified atom stereocenters. The predicted octanol–water partition coefficient (Wildman–Crippen LogP) is 6.03. The van der Waals surface area contributed by atoms with Gasteiger partial charge in [0.15, 0.2) is 0 Å². The van der Waals surface area contributed by atoms with Crippen LogP contribution in [0.15, 0.2) is 36.5 Å². The first-order valence-corrected chi connectivity index (χ1v) is 27.3. The van der Waals surface area contributed by atoms with Gasteiger partial charge in [-0.2, -0.15) is 0 Å². The molecule has 12 nitrogen and oxygen atoms in total. The van der Waals surface area contributed by atoms with E-state index in [-0.39, 0.29) is 27.0 Å². The van der Waals surface area contributed by atoms with Crippen LogP contribution >= 0.6 is 0 Å². The third-order valence-electron chi connectivity index (χ3n) is 7.72. The van der Waals surface area contributed by atoms with Crippen molar-refractivity contribution in [3.8, 4) is 0 Å². The largest absolute Gasteiger partial charge is 0.433 e. The molecular formula is C34H66O12Si4. The first-order chi connectivity index (χ1) is 22.7. The lowest BCUT2D eigenvalue weighted by Crippen LogP contribution is -2.65. The molecule has 0 aromatic carbocycles. The Morgan fingerprint density at radius 2 is 0.740 bits per heavy atom. The molecule has 0 spiro atoms. The summed E-state index contributed by atoms with van der Waals surface area (Å²) in [6.45, 7) is 38.7. The van der Waals surface area contributed by atoms with E-state index in [0.717, 1.165) is 0 Å². The molecule has 0 aliphatic rings. The second-order valence-corrected chi connectivity index (χ2v) is 27.7. The Hall–Kier alpha value is -1.74. The van der Waals surface area contributed by atoms with Gasteiger partial charge < -0.3 is 41.7 Å². The molecule has 0 saturated carbocycles. The lowest BCUT2D eigenvalue weighted by molar-refractivity contribution is -0.223. The minimum absolute atomic E-state index is 0.269. The zero-order chi connectivity index (χ0) is 39.4. The average molecular weight is 779 g/mol. The molecule has 0 aromatic heterocycles. The van der Waals surface area contributed by atoms with E-state index in [1.807, 2.05) is 60.1 Å². The van der Waals surface area contributed by atoms with Crippen LogP contribution in [0.5, 0.6) is 0 Å². The fourth-order valence-corrected chi connectivity index (χ4v) is 18.5. The minimum atomic E-state index is -2.88. The van der Waals surface area contributed by atoms with Gasteiger partial charge in [-0.05, 0) is 100 Å². The molecule has 0 aliphatic carbocycles. The second kappa shape index (κ2) is 20.5. The van der Waals surface area contributed by atoms with Crippen LogP contribution < -0.4 is 0 Å². The van der Waals surface area contributed by atoms with Gasteiger partial charge in [0.05, 0.1) is 17.2 Å². The Morgan fingerprint density at radius 1 is 0.540 bits per heavy atom. The molecule has 0 bridgehead atoms. The highest BCUT2D eigenvalue weighted by molar-refractivity contribution is 6.75. The summed E-state index contributed by atoms with van der Waals surface area (Å²) in [4.78, 5) is 36.6. The van der Waals surface area contributed by atoms with Crippen molar-refractivity contribution in [2.75, 3.05) is 0 Å². The fourth-order valence-electron chi connectivity index (χ4n) is 5.48. The zero-order valence-corrected chi connectivity index (χ0v) is 38.6. The maximum atomic E-state index is 12.2. The number of rotatable bonds is 24. The second-order valence-electron chi connectivity index (χ2n) is 14.3. The van der Waals surface area contributed by atoms with E-state index in [0.29, 0.717) is 19.3 Å². The molecule has 6 atom stereocenters. The normalized spacial score (nSPS) is 17.3. The quantitative estimate of drug-likeness (QED) is 0.0373. The van der Waals surface area contributed by atoms with Crippen LogP contribution in [-0.4, -0.2) is 94.8 Å². The number of carbonyl (C=O) groups excluding carboxylic acids is 3. The summed E-state index contributed by atoms with van der Waals surface area (Å²) in [6, 6.07) is 0. The molecule has 0 fully saturated rings. The Bertz CT molecular complexity index is 1050. The molecule has 50 heavy (non-hydrogen) atoms. The lowest BCUT2D eigenvalue weighted by atomic mass is 10.4. The highest BCUT2D eigenvalue weighted by atomic mass is 28.4. The topological polar surface area (TPSA) is 134 Å². The first-order valence-electron chi connectivity index (χ1n) is 17.3. The summed E-state index contributed by atoms with van der Waals surface area (Å²) in [6.07, 6.45) is -0.804. The molecule has 0 saturated heterocycles. The Labute approximate surface area is 307 Å². The molecule has 0 aromatic rings. The Balaban J connectivity index is 6.70. The SMILES string of the molecule is C=C(C)C(=O)OC(C)OC(CC)[Si](C)(C)OC([SiH3])(O[Si](C)(C)C(CC)OC(C)OC(=O)C(=C)C)O[Si](C)(C)C(CC)OC(C)OC(=O)C(=C)C. The van der Waals surface area contributed by atoms with Gasteiger partial charge >= 0.3 is 17.9 Å². The first kappa shape index (κ1) is 48.3. The third-order valence-corrected chi connectivity index (χ3v) is 18.5. The van der Waals surface area contributed by atoms with Crippen LogP contribution in [0.25, 0.3) is 0 Å². The van der Waals surface area contributed by atoms with Crippen molar-refractivity contribution in [1.29, 1.82) is 0 Å². The maximum Gasteiger partial charge on any atom is 0.335 e.